The lowest BCUT2D eigenvalue weighted by atomic mass is 10.1. The van der Waals surface area contributed by atoms with Crippen molar-refractivity contribution in [2.24, 2.45) is 0 Å². The lowest BCUT2D eigenvalue weighted by molar-refractivity contribution is 0.908. The highest BCUT2D eigenvalue weighted by atomic mass is 32.2. The zero-order valence-electron chi connectivity index (χ0n) is 13.6. The van der Waals surface area contributed by atoms with E-state index in [1.54, 1.807) is 11.8 Å². The van der Waals surface area contributed by atoms with Crippen LogP contribution in [0.4, 0.5) is 0 Å². The van der Waals surface area contributed by atoms with Gasteiger partial charge in [-0.15, -0.1) is 0 Å². The molecule has 1 N–H and O–H groups in total. The Kier molecular flexibility index (Phi) is 4.11. The highest BCUT2D eigenvalue weighted by Crippen LogP contribution is 2.28. The fourth-order valence-corrected chi connectivity index (χ4v) is 3.79. The van der Waals surface area contributed by atoms with Crippen molar-refractivity contribution < 1.29 is 0 Å². The maximum atomic E-state index is 12.1. The molecule has 0 saturated heterocycles. The Morgan fingerprint density at radius 2 is 1.84 bits per heavy atom. The van der Waals surface area contributed by atoms with Gasteiger partial charge in [0.1, 0.15) is 0 Å². The summed E-state index contributed by atoms with van der Waals surface area (Å²) in [7, 11) is 0. The van der Waals surface area contributed by atoms with E-state index in [1.807, 2.05) is 47.0 Å². The molecule has 0 unspecified atom stereocenters. The average Bonchev–Trinajstić information content (AvgIpc) is 3.02. The number of aromatic amines is 1. The van der Waals surface area contributed by atoms with Crippen LogP contribution in [0, 0.1) is 6.92 Å². The van der Waals surface area contributed by atoms with Crippen molar-refractivity contribution in [3.8, 4) is 5.69 Å². The molecule has 0 aliphatic carbocycles. The largest absolute Gasteiger partial charge is 0.311 e. The number of aromatic nitrogens is 4. The molecule has 0 bridgehead atoms. The normalized spacial score (nSPS) is 11.1. The van der Waals surface area contributed by atoms with Gasteiger partial charge in [0.2, 0.25) is 0 Å². The van der Waals surface area contributed by atoms with Crippen molar-refractivity contribution in [2.45, 2.75) is 17.8 Å². The topological polar surface area (TPSA) is 63.6 Å². The van der Waals surface area contributed by atoms with E-state index in [2.05, 4.69) is 34.0 Å². The number of benzene rings is 2. The summed E-state index contributed by atoms with van der Waals surface area (Å²) < 4.78 is 1.94. The molecular weight excluding hydrogens is 332 g/mol. The lowest BCUT2D eigenvalue weighted by Gasteiger charge is -2.09. The third kappa shape index (κ3) is 2.96. The number of imidazole rings is 1. The van der Waals surface area contributed by atoms with E-state index in [1.165, 1.54) is 17.5 Å². The van der Waals surface area contributed by atoms with Gasteiger partial charge in [0.25, 0.3) is 5.56 Å². The van der Waals surface area contributed by atoms with Crippen molar-refractivity contribution in [3.05, 3.63) is 82.4 Å². The van der Waals surface area contributed by atoms with Crippen LogP contribution in [-0.4, -0.2) is 19.5 Å². The van der Waals surface area contributed by atoms with Gasteiger partial charge in [-0.05, 0) is 30.2 Å². The van der Waals surface area contributed by atoms with E-state index in [0.29, 0.717) is 11.2 Å². The Labute approximate surface area is 148 Å². The average molecular weight is 348 g/mol. The molecular formula is C19H16N4OS. The van der Waals surface area contributed by atoms with Gasteiger partial charge in [0, 0.05) is 11.4 Å². The van der Waals surface area contributed by atoms with E-state index in [-0.39, 0.29) is 5.56 Å². The van der Waals surface area contributed by atoms with Crippen LogP contribution in [0.5, 0.6) is 0 Å². The van der Waals surface area contributed by atoms with Crippen molar-refractivity contribution in [1.82, 2.24) is 19.5 Å². The minimum atomic E-state index is -0.225. The van der Waals surface area contributed by atoms with E-state index in [9.17, 15) is 4.79 Å². The Bertz CT molecular complexity index is 1090. The molecule has 4 rings (SSSR count). The fraction of sp³-hybridized carbons (Fsp3) is 0.105. The first-order valence-electron chi connectivity index (χ1n) is 7.93. The standard InChI is InChI=1S/C19H16N4OS/c1-13-7-5-6-8-14(13)11-25-19-22-16-17(20-12-21-18(16)24)23(19)15-9-3-2-4-10-15/h2-10,12H,11H2,1H3,(H,20,21,24). The van der Waals surface area contributed by atoms with Crippen LogP contribution in [0.3, 0.4) is 0 Å². The van der Waals surface area contributed by atoms with E-state index in [0.717, 1.165) is 16.6 Å². The number of hydrogen-bond donors (Lipinski definition) is 1. The van der Waals surface area contributed by atoms with Crippen LogP contribution in [0.1, 0.15) is 11.1 Å². The molecule has 0 aliphatic heterocycles. The van der Waals surface area contributed by atoms with Crippen LogP contribution in [0.15, 0.2) is 70.9 Å². The Morgan fingerprint density at radius 3 is 2.64 bits per heavy atom. The molecule has 0 atom stereocenters. The van der Waals surface area contributed by atoms with Gasteiger partial charge >= 0.3 is 0 Å². The van der Waals surface area contributed by atoms with E-state index >= 15 is 0 Å². The molecule has 0 saturated carbocycles. The summed E-state index contributed by atoms with van der Waals surface area (Å²) in [6, 6.07) is 18.1. The SMILES string of the molecule is Cc1ccccc1CSc1nc2c(=O)[nH]cnc2n1-c1ccccc1. The number of H-pyrrole nitrogens is 1. The molecule has 2 aromatic heterocycles. The first-order chi connectivity index (χ1) is 12.2. The molecule has 0 fully saturated rings. The highest BCUT2D eigenvalue weighted by Gasteiger charge is 2.16. The van der Waals surface area contributed by atoms with Crippen molar-refractivity contribution in [1.29, 1.82) is 0 Å². The zero-order valence-corrected chi connectivity index (χ0v) is 14.5. The second-order valence-corrected chi connectivity index (χ2v) is 6.63. The number of thioether (sulfide) groups is 1. The van der Waals surface area contributed by atoms with Crippen LogP contribution < -0.4 is 5.56 Å². The predicted octanol–water partition coefficient (Wildman–Crippen LogP) is 3.71. The van der Waals surface area contributed by atoms with Gasteiger partial charge < -0.3 is 4.98 Å². The molecule has 6 heteroatoms. The van der Waals surface area contributed by atoms with Gasteiger partial charge in [0.15, 0.2) is 16.3 Å². The molecule has 0 radical (unpaired) electrons. The third-order valence-corrected chi connectivity index (χ3v) is 5.04. The number of para-hydroxylation sites is 1. The first kappa shape index (κ1) is 15.7. The second-order valence-electron chi connectivity index (χ2n) is 5.68. The lowest BCUT2D eigenvalue weighted by Crippen LogP contribution is -2.07. The molecule has 2 aromatic carbocycles. The van der Waals surface area contributed by atoms with E-state index < -0.39 is 0 Å². The Balaban J connectivity index is 1.81. The summed E-state index contributed by atoms with van der Waals surface area (Å²) in [5.41, 5.74) is 4.14. The number of nitrogens with one attached hydrogen (secondary N) is 1. The number of fused-ring (bicyclic) bond motifs is 1. The number of rotatable bonds is 4. The zero-order chi connectivity index (χ0) is 17.2. The highest BCUT2D eigenvalue weighted by molar-refractivity contribution is 7.98. The monoisotopic (exact) mass is 348 g/mol. The van der Waals surface area contributed by atoms with E-state index in [4.69, 9.17) is 0 Å². The fourth-order valence-electron chi connectivity index (χ4n) is 2.70. The Hall–Kier alpha value is -2.86. The van der Waals surface area contributed by atoms with Crippen molar-refractivity contribution >= 4 is 22.9 Å². The molecule has 0 spiro atoms. The number of hydrogen-bond acceptors (Lipinski definition) is 4. The minimum absolute atomic E-state index is 0.225. The van der Waals surface area contributed by atoms with Crippen molar-refractivity contribution in [3.63, 3.8) is 0 Å². The predicted molar refractivity (Wildman–Crippen MR) is 100 cm³/mol. The summed E-state index contributed by atoms with van der Waals surface area (Å²) in [4.78, 5) is 23.6. The van der Waals surface area contributed by atoms with Gasteiger partial charge in [-0.25, -0.2) is 9.97 Å². The second kappa shape index (κ2) is 6.57. The summed E-state index contributed by atoms with van der Waals surface area (Å²) in [6.45, 7) is 2.10. The summed E-state index contributed by atoms with van der Waals surface area (Å²) in [6.07, 6.45) is 1.42. The van der Waals surface area contributed by atoms with Crippen LogP contribution in [0.2, 0.25) is 0 Å². The molecule has 2 heterocycles. The molecule has 0 aliphatic rings. The van der Waals surface area contributed by atoms with Gasteiger partial charge in [0.05, 0.1) is 6.33 Å². The molecule has 0 amide bonds. The molecule has 5 nitrogen and oxygen atoms in total. The summed E-state index contributed by atoms with van der Waals surface area (Å²) in [5.74, 6) is 0.779. The molecule has 4 aromatic rings. The van der Waals surface area contributed by atoms with Crippen molar-refractivity contribution in [2.75, 3.05) is 0 Å². The summed E-state index contributed by atoms with van der Waals surface area (Å²) in [5, 5.41) is 0.758. The number of nitrogens with zero attached hydrogens (tertiary/aromatic N) is 3. The first-order valence-corrected chi connectivity index (χ1v) is 8.91. The maximum absolute atomic E-state index is 12.1. The number of aryl methyl sites for hydroxylation is 1. The Morgan fingerprint density at radius 1 is 1.08 bits per heavy atom. The summed E-state index contributed by atoms with van der Waals surface area (Å²) >= 11 is 1.60. The van der Waals surface area contributed by atoms with Crippen LogP contribution in [-0.2, 0) is 5.75 Å². The van der Waals surface area contributed by atoms with Gasteiger partial charge in [-0.2, -0.15) is 0 Å². The van der Waals surface area contributed by atoms with Crippen LogP contribution >= 0.6 is 11.8 Å². The smallest absolute Gasteiger partial charge is 0.278 e. The quantitative estimate of drug-likeness (QED) is 0.571. The van der Waals surface area contributed by atoms with Gasteiger partial charge in [-0.3, -0.25) is 9.36 Å². The molecule has 124 valence electrons. The third-order valence-electron chi connectivity index (χ3n) is 4.05. The molecule has 25 heavy (non-hydrogen) atoms. The minimum Gasteiger partial charge on any atom is -0.311 e. The maximum Gasteiger partial charge on any atom is 0.278 e. The van der Waals surface area contributed by atoms with Gasteiger partial charge in [-0.1, -0.05) is 54.2 Å². The van der Waals surface area contributed by atoms with Crippen LogP contribution in [0.25, 0.3) is 16.9 Å².